The molecule has 100 valence electrons. The molecular weight excluding hydrogens is 206 g/mol. The van der Waals surface area contributed by atoms with Gasteiger partial charge in [-0.1, -0.05) is 39.2 Å². The topological polar surface area (TPSA) is 12.0 Å². The molecule has 0 spiro atoms. The lowest BCUT2D eigenvalue weighted by Gasteiger charge is -2.32. The molecule has 0 heterocycles. The van der Waals surface area contributed by atoms with Crippen LogP contribution in [0.5, 0.6) is 0 Å². The molecule has 0 bridgehead atoms. The van der Waals surface area contributed by atoms with Gasteiger partial charge in [-0.3, -0.25) is 0 Å². The van der Waals surface area contributed by atoms with Crippen LogP contribution in [0.1, 0.15) is 58.8 Å². The van der Waals surface area contributed by atoms with Crippen molar-refractivity contribution in [1.29, 1.82) is 0 Å². The van der Waals surface area contributed by atoms with Crippen LogP contribution in [0.25, 0.3) is 0 Å². The normalized spacial score (nSPS) is 25.1. The second kappa shape index (κ2) is 8.74. The number of allylic oxidation sites excluding steroid dienone is 1. The summed E-state index contributed by atoms with van der Waals surface area (Å²) in [6.07, 6.45) is 11.8. The second-order valence-corrected chi connectivity index (χ2v) is 6.08. The van der Waals surface area contributed by atoms with Crippen LogP contribution in [0, 0.1) is 17.8 Å². The van der Waals surface area contributed by atoms with Gasteiger partial charge in [0.1, 0.15) is 0 Å². The van der Waals surface area contributed by atoms with Crippen molar-refractivity contribution in [3.63, 3.8) is 0 Å². The van der Waals surface area contributed by atoms with E-state index < -0.39 is 0 Å². The summed E-state index contributed by atoms with van der Waals surface area (Å²) in [5, 5.41) is 3.65. The standard InChI is InChI=1S/C16H31N/c1-4-5-6-9-15-10-7-8-11-16(15)13-17-12-14(2)3/h4,14-17H,1,5-13H2,2-3H3. The zero-order chi connectivity index (χ0) is 12.5. The first-order valence-corrected chi connectivity index (χ1v) is 7.55. The van der Waals surface area contributed by atoms with Crippen LogP contribution in [0.2, 0.25) is 0 Å². The van der Waals surface area contributed by atoms with Gasteiger partial charge in [-0.2, -0.15) is 0 Å². The monoisotopic (exact) mass is 237 g/mol. The van der Waals surface area contributed by atoms with E-state index in [2.05, 4.69) is 31.8 Å². The number of nitrogens with one attached hydrogen (secondary N) is 1. The van der Waals surface area contributed by atoms with Crippen molar-refractivity contribution in [1.82, 2.24) is 5.32 Å². The van der Waals surface area contributed by atoms with Gasteiger partial charge in [-0.25, -0.2) is 0 Å². The van der Waals surface area contributed by atoms with Crippen molar-refractivity contribution in [3.8, 4) is 0 Å². The third-order valence-corrected chi connectivity index (χ3v) is 4.01. The molecule has 1 fully saturated rings. The van der Waals surface area contributed by atoms with Crippen LogP contribution >= 0.6 is 0 Å². The molecule has 17 heavy (non-hydrogen) atoms. The summed E-state index contributed by atoms with van der Waals surface area (Å²) in [6.45, 7) is 10.8. The largest absolute Gasteiger partial charge is 0.316 e. The number of unbranched alkanes of at least 4 members (excludes halogenated alkanes) is 1. The first-order valence-electron chi connectivity index (χ1n) is 7.55. The predicted molar refractivity (Wildman–Crippen MR) is 77.2 cm³/mol. The molecule has 2 unspecified atom stereocenters. The zero-order valence-corrected chi connectivity index (χ0v) is 11.9. The van der Waals surface area contributed by atoms with E-state index in [9.17, 15) is 0 Å². The average Bonchev–Trinajstić information content (AvgIpc) is 2.31. The molecule has 1 nitrogen and oxygen atoms in total. The van der Waals surface area contributed by atoms with E-state index in [0.29, 0.717) is 0 Å². The zero-order valence-electron chi connectivity index (χ0n) is 11.9. The van der Waals surface area contributed by atoms with Gasteiger partial charge in [0.15, 0.2) is 0 Å². The lowest BCUT2D eigenvalue weighted by atomic mass is 9.76. The van der Waals surface area contributed by atoms with Gasteiger partial charge in [0.05, 0.1) is 0 Å². The van der Waals surface area contributed by atoms with Crippen molar-refractivity contribution in [3.05, 3.63) is 12.7 Å². The molecule has 0 aromatic carbocycles. The van der Waals surface area contributed by atoms with Crippen molar-refractivity contribution < 1.29 is 0 Å². The fraction of sp³-hybridized carbons (Fsp3) is 0.875. The maximum atomic E-state index is 3.82. The molecule has 1 heteroatoms. The summed E-state index contributed by atoms with van der Waals surface area (Å²) < 4.78 is 0. The van der Waals surface area contributed by atoms with E-state index >= 15 is 0 Å². The predicted octanol–water partition coefficient (Wildman–Crippen LogP) is 4.39. The van der Waals surface area contributed by atoms with E-state index in [4.69, 9.17) is 0 Å². The Hall–Kier alpha value is -0.300. The minimum absolute atomic E-state index is 0.776. The highest BCUT2D eigenvalue weighted by Crippen LogP contribution is 2.33. The molecule has 2 atom stereocenters. The SMILES string of the molecule is C=CCCCC1CCCCC1CNCC(C)C. The smallest absolute Gasteiger partial charge is 0.00178 e. The molecule has 1 aliphatic carbocycles. The van der Waals surface area contributed by atoms with E-state index in [1.807, 2.05) is 0 Å². The summed E-state index contributed by atoms with van der Waals surface area (Å²) in [4.78, 5) is 0. The molecule has 1 saturated carbocycles. The highest BCUT2D eigenvalue weighted by molar-refractivity contribution is 4.78. The van der Waals surface area contributed by atoms with Gasteiger partial charge in [0, 0.05) is 0 Å². The van der Waals surface area contributed by atoms with Crippen LogP contribution in [0.4, 0.5) is 0 Å². The summed E-state index contributed by atoms with van der Waals surface area (Å²) in [5.74, 6) is 2.69. The summed E-state index contributed by atoms with van der Waals surface area (Å²) in [7, 11) is 0. The van der Waals surface area contributed by atoms with Gasteiger partial charge in [0.2, 0.25) is 0 Å². The molecule has 0 aromatic rings. The minimum atomic E-state index is 0.776. The Labute approximate surface area is 108 Å². The highest BCUT2D eigenvalue weighted by atomic mass is 14.9. The Kier molecular flexibility index (Phi) is 7.59. The minimum Gasteiger partial charge on any atom is -0.316 e. The third kappa shape index (κ3) is 6.26. The Morgan fingerprint density at radius 3 is 2.59 bits per heavy atom. The second-order valence-electron chi connectivity index (χ2n) is 6.08. The van der Waals surface area contributed by atoms with E-state index in [0.717, 1.165) is 17.8 Å². The van der Waals surface area contributed by atoms with Gasteiger partial charge in [-0.15, -0.1) is 6.58 Å². The molecular formula is C16H31N. The lowest BCUT2D eigenvalue weighted by molar-refractivity contribution is 0.213. The fourth-order valence-corrected chi connectivity index (χ4v) is 3.02. The summed E-state index contributed by atoms with van der Waals surface area (Å²) >= 11 is 0. The maximum absolute atomic E-state index is 3.82. The van der Waals surface area contributed by atoms with Crippen LogP contribution < -0.4 is 5.32 Å². The van der Waals surface area contributed by atoms with Crippen LogP contribution in [0.15, 0.2) is 12.7 Å². The Morgan fingerprint density at radius 1 is 1.24 bits per heavy atom. The van der Waals surface area contributed by atoms with Crippen LogP contribution in [0.3, 0.4) is 0 Å². The third-order valence-electron chi connectivity index (χ3n) is 4.01. The number of hydrogen-bond donors (Lipinski definition) is 1. The Bertz CT molecular complexity index is 198. The lowest BCUT2D eigenvalue weighted by Crippen LogP contribution is -2.32. The quantitative estimate of drug-likeness (QED) is 0.487. The molecule has 0 aliphatic heterocycles. The molecule has 1 rings (SSSR count). The van der Waals surface area contributed by atoms with Gasteiger partial charge in [-0.05, 0) is 56.5 Å². The molecule has 1 aliphatic rings. The van der Waals surface area contributed by atoms with Crippen molar-refractivity contribution in [2.24, 2.45) is 17.8 Å². The first kappa shape index (κ1) is 14.8. The van der Waals surface area contributed by atoms with E-state index in [1.165, 1.54) is 58.0 Å². The molecule has 0 aromatic heterocycles. The van der Waals surface area contributed by atoms with Gasteiger partial charge in [0.25, 0.3) is 0 Å². The van der Waals surface area contributed by atoms with Crippen molar-refractivity contribution >= 4 is 0 Å². The first-order chi connectivity index (χ1) is 8.24. The van der Waals surface area contributed by atoms with Crippen LogP contribution in [-0.2, 0) is 0 Å². The molecule has 0 radical (unpaired) electrons. The van der Waals surface area contributed by atoms with Crippen LogP contribution in [-0.4, -0.2) is 13.1 Å². The van der Waals surface area contributed by atoms with E-state index in [1.54, 1.807) is 0 Å². The summed E-state index contributed by atoms with van der Waals surface area (Å²) in [6, 6.07) is 0. The van der Waals surface area contributed by atoms with E-state index in [-0.39, 0.29) is 0 Å². The maximum Gasteiger partial charge on any atom is -0.00178 e. The summed E-state index contributed by atoms with van der Waals surface area (Å²) in [5.41, 5.74) is 0. The van der Waals surface area contributed by atoms with Gasteiger partial charge < -0.3 is 5.32 Å². The Balaban J connectivity index is 2.24. The molecule has 1 N–H and O–H groups in total. The molecule has 0 saturated heterocycles. The highest BCUT2D eigenvalue weighted by Gasteiger charge is 2.23. The van der Waals surface area contributed by atoms with Gasteiger partial charge >= 0.3 is 0 Å². The van der Waals surface area contributed by atoms with Crippen molar-refractivity contribution in [2.75, 3.05) is 13.1 Å². The average molecular weight is 237 g/mol. The number of hydrogen-bond acceptors (Lipinski definition) is 1. The fourth-order valence-electron chi connectivity index (χ4n) is 3.02. The number of rotatable bonds is 8. The molecule has 0 amide bonds. The van der Waals surface area contributed by atoms with Crippen molar-refractivity contribution in [2.45, 2.75) is 58.8 Å². The Morgan fingerprint density at radius 2 is 1.94 bits per heavy atom.